The van der Waals surface area contributed by atoms with Crippen LogP contribution >= 0.6 is 0 Å². The van der Waals surface area contributed by atoms with Crippen LogP contribution in [0.25, 0.3) is 0 Å². The van der Waals surface area contributed by atoms with Crippen LogP contribution in [0.15, 0.2) is 36.7 Å². The quantitative estimate of drug-likeness (QED) is 0.743. The second-order valence-electron chi connectivity index (χ2n) is 8.29. The van der Waals surface area contributed by atoms with E-state index in [2.05, 4.69) is 10.00 Å². The lowest BCUT2D eigenvalue weighted by atomic mass is 9.83. The Hall–Kier alpha value is -2.29. The van der Waals surface area contributed by atoms with E-state index in [4.69, 9.17) is 4.74 Å². The lowest BCUT2D eigenvalue weighted by Crippen LogP contribution is -2.47. The Morgan fingerprint density at radius 2 is 2.17 bits per heavy atom. The summed E-state index contributed by atoms with van der Waals surface area (Å²) in [7, 11) is 1.72. The molecule has 30 heavy (non-hydrogen) atoms. The summed E-state index contributed by atoms with van der Waals surface area (Å²) in [6, 6.07) is 6.77. The zero-order chi connectivity index (χ0) is 21.1. The first-order chi connectivity index (χ1) is 14.5. The molecule has 162 valence electrons. The SMILES string of the molecule is CN(CCO)C(=O)C(CN1CCC2(CC1)OCc1ccc(F)cc12)Cn1cccn1. The number of nitrogens with zero attached hydrogens (tertiary/aromatic N) is 4. The van der Waals surface area contributed by atoms with E-state index in [0.29, 0.717) is 26.2 Å². The molecule has 1 aromatic heterocycles. The predicted molar refractivity (Wildman–Crippen MR) is 109 cm³/mol. The summed E-state index contributed by atoms with van der Waals surface area (Å²) in [5.74, 6) is -0.480. The fraction of sp³-hybridized carbons (Fsp3) is 0.545. The monoisotopic (exact) mass is 416 g/mol. The lowest BCUT2D eigenvalue weighted by Gasteiger charge is -2.40. The molecule has 1 saturated heterocycles. The number of rotatable bonds is 7. The molecule has 4 rings (SSSR count). The topological polar surface area (TPSA) is 70.8 Å². The van der Waals surface area contributed by atoms with E-state index in [1.165, 1.54) is 6.07 Å². The van der Waals surface area contributed by atoms with Crippen LogP contribution in [-0.4, -0.2) is 70.4 Å². The van der Waals surface area contributed by atoms with E-state index >= 15 is 0 Å². The fourth-order valence-electron chi connectivity index (χ4n) is 4.63. The molecule has 1 aromatic carbocycles. The van der Waals surface area contributed by atoms with Crippen molar-refractivity contribution >= 4 is 5.91 Å². The van der Waals surface area contributed by atoms with Crippen LogP contribution in [-0.2, 0) is 28.3 Å². The minimum absolute atomic E-state index is 0.00405. The number of carbonyl (C=O) groups is 1. The van der Waals surface area contributed by atoms with Crippen LogP contribution in [0.1, 0.15) is 24.0 Å². The molecular formula is C22H29FN4O3. The van der Waals surface area contributed by atoms with Gasteiger partial charge < -0.3 is 19.6 Å². The molecule has 1 unspecified atom stereocenters. The van der Waals surface area contributed by atoms with E-state index in [9.17, 15) is 14.3 Å². The van der Waals surface area contributed by atoms with Crippen LogP contribution < -0.4 is 0 Å². The van der Waals surface area contributed by atoms with Gasteiger partial charge in [0.1, 0.15) is 5.82 Å². The van der Waals surface area contributed by atoms with Crippen molar-refractivity contribution < 1.29 is 19.0 Å². The Kier molecular flexibility index (Phi) is 6.17. The molecule has 0 bridgehead atoms. The molecule has 0 aliphatic carbocycles. The summed E-state index contributed by atoms with van der Waals surface area (Å²) < 4.78 is 21.8. The number of benzene rings is 1. The third-order valence-corrected chi connectivity index (χ3v) is 6.34. The van der Waals surface area contributed by atoms with Crippen LogP contribution in [0.5, 0.6) is 0 Å². The van der Waals surface area contributed by atoms with Gasteiger partial charge in [0, 0.05) is 45.6 Å². The highest BCUT2D eigenvalue weighted by Crippen LogP contribution is 2.44. The number of aromatic nitrogens is 2. The molecule has 3 heterocycles. The van der Waals surface area contributed by atoms with Gasteiger partial charge in [0.25, 0.3) is 0 Å². The number of aliphatic hydroxyl groups excluding tert-OH is 1. The zero-order valence-electron chi connectivity index (χ0n) is 17.3. The van der Waals surface area contributed by atoms with Gasteiger partial charge in [-0.15, -0.1) is 0 Å². The number of likely N-dealkylation sites (N-methyl/N-ethyl adjacent to an activating group) is 1. The molecule has 2 aliphatic heterocycles. The predicted octanol–water partition coefficient (Wildman–Crippen LogP) is 1.61. The van der Waals surface area contributed by atoms with Crippen molar-refractivity contribution in [3.8, 4) is 0 Å². The molecule has 1 atom stereocenters. The number of amides is 1. The maximum Gasteiger partial charge on any atom is 0.228 e. The lowest BCUT2D eigenvalue weighted by molar-refractivity contribution is -0.136. The van der Waals surface area contributed by atoms with E-state index in [1.54, 1.807) is 28.9 Å². The van der Waals surface area contributed by atoms with Crippen LogP contribution in [0.3, 0.4) is 0 Å². The fourth-order valence-corrected chi connectivity index (χ4v) is 4.63. The van der Waals surface area contributed by atoms with Crippen molar-refractivity contribution in [2.75, 3.05) is 39.8 Å². The number of piperidine rings is 1. The van der Waals surface area contributed by atoms with Gasteiger partial charge in [-0.3, -0.25) is 9.48 Å². The number of aliphatic hydroxyl groups is 1. The first-order valence-electron chi connectivity index (χ1n) is 10.5. The Morgan fingerprint density at radius 3 is 2.87 bits per heavy atom. The summed E-state index contributed by atoms with van der Waals surface area (Å²) in [5.41, 5.74) is 1.64. The highest BCUT2D eigenvalue weighted by molar-refractivity contribution is 5.78. The molecule has 0 saturated carbocycles. The molecule has 2 aliphatic rings. The number of carbonyl (C=O) groups excluding carboxylic acids is 1. The largest absolute Gasteiger partial charge is 0.395 e. The molecular weight excluding hydrogens is 387 g/mol. The highest BCUT2D eigenvalue weighted by Gasteiger charge is 2.43. The van der Waals surface area contributed by atoms with Crippen LogP contribution in [0.2, 0.25) is 0 Å². The number of ether oxygens (including phenoxy) is 1. The van der Waals surface area contributed by atoms with Gasteiger partial charge >= 0.3 is 0 Å². The smallest absolute Gasteiger partial charge is 0.228 e. The van der Waals surface area contributed by atoms with Crippen molar-refractivity contribution in [3.63, 3.8) is 0 Å². The molecule has 1 amide bonds. The third-order valence-electron chi connectivity index (χ3n) is 6.34. The Labute approximate surface area is 176 Å². The minimum Gasteiger partial charge on any atom is -0.395 e. The van der Waals surface area contributed by atoms with Gasteiger partial charge in [-0.1, -0.05) is 6.07 Å². The summed E-state index contributed by atoms with van der Waals surface area (Å²) in [6.45, 7) is 3.45. The summed E-state index contributed by atoms with van der Waals surface area (Å²) in [4.78, 5) is 16.8. The summed E-state index contributed by atoms with van der Waals surface area (Å²) >= 11 is 0. The Bertz CT molecular complexity index is 865. The average Bonchev–Trinajstić information content (AvgIpc) is 3.37. The van der Waals surface area contributed by atoms with Crippen LogP contribution in [0.4, 0.5) is 4.39 Å². The van der Waals surface area contributed by atoms with Gasteiger partial charge in [-0.2, -0.15) is 5.10 Å². The third kappa shape index (κ3) is 4.26. The molecule has 0 radical (unpaired) electrons. The van der Waals surface area contributed by atoms with E-state index in [1.807, 2.05) is 18.3 Å². The van der Waals surface area contributed by atoms with Crippen molar-refractivity contribution in [2.24, 2.45) is 5.92 Å². The minimum atomic E-state index is -0.414. The molecule has 1 N–H and O–H groups in total. The second-order valence-corrected chi connectivity index (χ2v) is 8.29. The average molecular weight is 416 g/mol. The molecule has 1 fully saturated rings. The highest BCUT2D eigenvalue weighted by atomic mass is 19.1. The molecule has 8 heteroatoms. The van der Waals surface area contributed by atoms with Gasteiger partial charge in [0.2, 0.25) is 5.91 Å². The van der Waals surface area contributed by atoms with Crippen molar-refractivity contribution in [1.29, 1.82) is 0 Å². The molecule has 1 spiro atoms. The van der Waals surface area contributed by atoms with E-state index < -0.39 is 5.60 Å². The number of likely N-dealkylation sites (tertiary alicyclic amines) is 1. The summed E-state index contributed by atoms with van der Waals surface area (Å²) in [6.07, 6.45) is 5.12. The number of fused-ring (bicyclic) bond motifs is 2. The number of hydrogen-bond acceptors (Lipinski definition) is 5. The van der Waals surface area contributed by atoms with Crippen molar-refractivity contribution in [2.45, 2.75) is 31.6 Å². The van der Waals surface area contributed by atoms with Gasteiger partial charge in [-0.05, 0) is 42.2 Å². The van der Waals surface area contributed by atoms with E-state index in [-0.39, 0.29) is 24.2 Å². The Morgan fingerprint density at radius 1 is 1.37 bits per heavy atom. The first-order valence-corrected chi connectivity index (χ1v) is 10.5. The van der Waals surface area contributed by atoms with Crippen molar-refractivity contribution in [3.05, 3.63) is 53.6 Å². The number of hydrogen-bond donors (Lipinski definition) is 1. The standard InChI is InChI=1S/C22H29FN4O3/c1-25(11-12-28)21(29)18(15-27-8-2-7-24-27)14-26-9-5-22(6-10-26)20-13-19(23)4-3-17(20)16-30-22/h2-4,7-8,13,18,28H,5-6,9-12,14-16H2,1H3. The molecule has 7 nitrogen and oxygen atoms in total. The van der Waals surface area contributed by atoms with E-state index in [0.717, 1.165) is 37.1 Å². The first kappa shape index (κ1) is 21.0. The van der Waals surface area contributed by atoms with Gasteiger partial charge in [-0.25, -0.2) is 4.39 Å². The normalized spacial score (nSPS) is 19.0. The van der Waals surface area contributed by atoms with Gasteiger partial charge in [0.15, 0.2) is 0 Å². The second kappa shape index (κ2) is 8.83. The maximum absolute atomic E-state index is 13.8. The van der Waals surface area contributed by atoms with Crippen molar-refractivity contribution in [1.82, 2.24) is 19.6 Å². The number of halogens is 1. The Balaban J connectivity index is 1.43. The van der Waals surface area contributed by atoms with Crippen LogP contribution in [0, 0.1) is 11.7 Å². The molecule has 2 aromatic rings. The van der Waals surface area contributed by atoms with Gasteiger partial charge in [0.05, 0.1) is 31.3 Å². The zero-order valence-corrected chi connectivity index (χ0v) is 17.3. The maximum atomic E-state index is 13.8. The summed E-state index contributed by atoms with van der Waals surface area (Å²) in [5, 5.41) is 13.5.